The molecule has 1 fully saturated rings. The number of aliphatic imine (C=N–C) groups is 1. The van der Waals surface area contributed by atoms with Crippen LogP contribution in [0.5, 0.6) is 0 Å². The Balaban J connectivity index is 0.00000341. The van der Waals surface area contributed by atoms with E-state index in [0.29, 0.717) is 12.5 Å². The van der Waals surface area contributed by atoms with Crippen molar-refractivity contribution in [2.24, 2.45) is 10.9 Å². The molecule has 2 aromatic rings. The fraction of sp³-hybridized carbons (Fsp3) is 0.478. The summed E-state index contributed by atoms with van der Waals surface area (Å²) < 4.78 is 13.2. The van der Waals surface area contributed by atoms with Crippen molar-refractivity contribution < 1.29 is 4.39 Å². The van der Waals surface area contributed by atoms with Crippen LogP contribution in [0.25, 0.3) is 0 Å². The Morgan fingerprint density at radius 1 is 1.06 bits per heavy atom. The van der Waals surface area contributed by atoms with E-state index in [1.54, 1.807) is 7.05 Å². The second-order valence-corrected chi connectivity index (χ2v) is 8.01. The lowest BCUT2D eigenvalue weighted by molar-refractivity contribution is 0.573. The summed E-state index contributed by atoms with van der Waals surface area (Å²) in [5, 5.41) is 6.73. The summed E-state index contributed by atoms with van der Waals surface area (Å²) in [4.78, 5) is 13.5. The lowest BCUT2D eigenvalue weighted by Gasteiger charge is -2.36. The molecule has 3 rings (SSSR count). The van der Waals surface area contributed by atoms with E-state index >= 15 is 0 Å². The van der Waals surface area contributed by atoms with Crippen LogP contribution in [0, 0.1) is 11.7 Å². The van der Waals surface area contributed by atoms with E-state index < -0.39 is 0 Å². The molecular formula is C23H34FIN6. The molecule has 2 heterocycles. The maximum atomic E-state index is 13.2. The summed E-state index contributed by atoms with van der Waals surface area (Å²) in [7, 11) is 1.79. The van der Waals surface area contributed by atoms with Crippen molar-refractivity contribution in [2.45, 2.75) is 26.8 Å². The number of guanidine groups is 1. The molecule has 8 heteroatoms. The fourth-order valence-electron chi connectivity index (χ4n) is 3.47. The number of hydrogen-bond acceptors (Lipinski definition) is 4. The van der Waals surface area contributed by atoms with Gasteiger partial charge in [-0.1, -0.05) is 13.8 Å². The molecule has 31 heavy (non-hydrogen) atoms. The number of anilines is 2. The molecule has 0 amide bonds. The monoisotopic (exact) mass is 540 g/mol. The van der Waals surface area contributed by atoms with Gasteiger partial charge >= 0.3 is 0 Å². The molecule has 0 saturated carbocycles. The zero-order valence-electron chi connectivity index (χ0n) is 18.6. The van der Waals surface area contributed by atoms with Crippen molar-refractivity contribution in [1.82, 2.24) is 15.6 Å². The Hall–Kier alpha value is -2.10. The zero-order chi connectivity index (χ0) is 21.3. The van der Waals surface area contributed by atoms with Crippen LogP contribution >= 0.6 is 24.0 Å². The predicted octanol–water partition coefficient (Wildman–Crippen LogP) is 3.88. The van der Waals surface area contributed by atoms with Gasteiger partial charge in [0.25, 0.3) is 0 Å². The van der Waals surface area contributed by atoms with Gasteiger partial charge in [-0.3, -0.25) is 4.99 Å². The van der Waals surface area contributed by atoms with E-state index in [4.69, 9.17) is 0 Å². The summed E-state index contributed by atoms with van der Waals surface area (Å²) in [6.07, 6.45) is 2.98. The molecule has 0 atom stereocenters. The second-order valence-electron chi connectivity index (χ2n) is 8.01. The number of pyridine rings is 1. The highest BCUT2D eigenvalue weighted by Crippen LogP contribution is 2.20. The zero-order valence-corrected chi connectivity index (χ0v) is 21.0. The molecular weight excluding hydrogens is 506 g/mol. The second kappa shape index (κ2) is 12.7. The van der Waals surface area contributed by atoms with Crippen LogP contribution in [0.2, 0.25) is 0 Å². The minimum Gasteiger partial charge on any atom is -0.368 e. The standard InChI is InChI=1S/C23H33FN6.HI/c1-18(2)8-10-27-23(25-3)28-17-19-9-11-26-22(16-19)30-14-12-29(13-15-30)21-6-4-20(24)5-7-21;/h4-7,9,11,16,18H,8,10,12-15,17H2,1-3H3,(H2,25,27,28);1H. The molecule has 170 valence electrons. The van der Waals surface area contributed by atoms with Crippen LogP contribution in [0.3, 0.4) is 0 Å². The Morgan fingerprint density at radius 3 is 2.39 bits per heavy atom. The molecule has 0 radical (unpaired) electrons. The number of nitrogens with one attached hydrogen (secondary N) is 2. The largest absolute Gasteiger partial charge is 0.368 e. The van der Waals surface area contributed by atoms with Crippen LogP contribution in [-0.4, -0.2) is 50.7 Å². The van der Waals surface area contributed by atoms with Gasteiger partial charge in [-0.25, -0.2) is 9.37 Å². The summed E-state index contributed by atoms with van der Waals surface area (Å²) in [6.45, 7) is 9.61. The molecule has 6 nitrogen and oxygen atoms in total. The van der Waals surface area contributed by atoms with E-state index in [0.717, 1.165) is 56.6 Å². The Kier molecular flexibility index (Phi) is 10.3. The van der Waals surface area contributed by atoms with Gasteiger partial charge < -0.3 is 20.4 Å². The first kappa shape index (κ1) is 25.2. The maximum Gasteiger partial charge on any atom is 0.191 e. The highest BCUT2D eigenvalue weighted by Gasteiger charge is 2.18. The third-order valence-corrected chi connectivity index (χ3v) is 5.30. The van der Waals surface area contributed by atoms with Gasteiger partial charge in [-0.15, -0.1) is 24.0 Å². The first-order valence-electron chi connectivity index (χ1n) is 10.7. The minimum absolute atomic E-state index is 0. The van der Waals surface area contributed by atoms with Crippen molar-refractivity contribution in [3.63, 3.8) is 0 Å². The summed E-state index contributed by atoms with van der Waals surface area (Å²) >= 11 is 0. The van der Waals surface area contributed by atoms with Crippen LogP contribution in [0.15, 0.2) is 47.6 Å². The van der Waals surface area contributed by atoms with Gasteiger partial charge in [0, 0.05) is 58.2 Å². The third kappa shape index (κ3) is 7.83. The average Bonchev–Trinajstić information content (AvgIpc) is 2.77. The van der Waals surface area contributed by atoms with Gasteiger partial charge in [0.05, 0.1) is 0 Å². The first-order chi connectivity index (χ1) is 14.5. The van der Waals surface area contributed by atoms with Crippen LogP contribution in [-0.2, 0) is 6.54 Å². The summed E-state index contributed by atoms with van der Waals surface area (Å²) in [5.41, 5.74) is 2.24. The van der Waals surface area contributed by atoms with Crippen molar-refractivity contribution in [2.75, 3.05) is 49.6 Å². The van der Waals surface area contributed by atoms with E-state index in [-0.39, 0.29) is 29.8 Å². The number of nitrogens with zero attached hydrogens (tertiary/aromatic N) is 4. The van der Waals surface area contributed by atoms with Crippen LogP contribution in [0.4, 0.5) is 15.9 Å². The summed E-state index contributed by atoms with van der Waals surface area (Å²) in [6, 6.07) is 10.9. The van der Waals surface area contributed by atoms with Crippen LogP contribution in [0.1, 0.15) is 25.8 Å². The Bertz CT molecular complexity index is 819. The molecule has 2 N–H and O–H groups in total. The number of aromatic nitrogens is 1. The molecule has 1 aliphatic rings. The van der Waals surface area contributed by atoms with Gasteiger partial charge in [0.1, 0.15) is 11.6 Å². The maximum absolute atomic E-state index is 13.2. The summed E-state index contributed by atoms with van der Waals surface area (Å²) in [5.74, 6) is 2.29. The smallest absolute Gasteiger partial charge is 0.191 e. The molecule has 1 aromatic heterocycles. The average molecular weight is 540 g/mol. The minimum atomic E-state index is -0.196. The number of benzene rings is 1. The Labute approximate surface area is 202 Å². The van der Waals surface area contributed by atoms with E-state index in [9.17, 15) is 4.39 Å². The molecule has 0 unspecified atom stereocenters. The molecule has 1 aromatic carbocycles. The van der Waals surface area contributed by atoms with Crippen molar-refractivity contribution in [3.05, 3.63) is 54.0 Å². The van der Waals surface area contributed by atoms with Gasteiger partial charge in [0.15, 0.2) is 5.96 Å². The first-order valence-corrected chi connectivity index (χ1v) is 10.7. The van der Waals surface area contributed by atoms with Crippen molar-refractivity contribution in [3.8, 4) is 0 Å². The highest BCUT2D eigenvalue weighted by atomic mass is 127. The number of halogens is 2. The number of hydrogen-bond donors (Lipinski definition) is 2. The van der Waals surface area contributed by atoms with E-state index in [1.807, 2.05) is 24.4 Å². The number of piperazine rings is 1. The number of rotatable bonds is 7. The van der Waals surface area contributed by atoms with Crippen molar-refractivity contribution >= 4 is 41.4 Å². The third-order valence-electron chi connectivity index (χ3n) is 5.30. The van der Waals surface area contributed by atoms with Gasteiger partial charge in [0.2, 0.25) is 0 Å². The van der Waals surface area contributed by atoms with Crippen LogP contribution < -0.4 is 20.4 Å². The fourth-order valence-corrected chi connectivity index (χ4v) is 3.47. The molecule has 0 spiro atoms. The predicted molar refractivity (Wildman–Crippen MR) is 138 cm³/mol. The molecule has 1 aliphatic heterocycles. The molecule has 0 bridgehead atoms. The molecule has 1 saturated heterocycles. The normalized spacial score (nSPS) is 14.4. The topological polar surface area (TPSA) is 55.8 Å². The van der Waals surface area contributed by atoms with Gasteiger partial charge in [-0.2, -0.15) is 0 Å². The van der Waals surface area contributed by atoms with E-state index in [2.05, 4.69) is 50.3 Å². The molecule has 0 aliphatic carbocycles. The quantitative estimate of drug-likeness (QED) is 0.317. The highest BCUT2D eigenvalue weighted by molar-refractivity contribution is 14.0. The lowest BCUT2D eigenvalue weighted by Crippen LogP contribution is -2.46. The van der Waals surface area contributed by atoms with Gasteiger partial charge in [-0.05, 0) is 54.3 Å². The van der Waals surface area contributed by atoms with Crippen molar-refractivity contribution in [1.29, 1.82) is 0 Å². The lowest BCUT2D eigenvalue weighted by atomic mass is 10.1. The van der Waals surface area contributed by atoms with E-state index in [1.165, 1.54) is 17.7 Å². The SMILES string of the molecule is CN=C(NCCC(C)C)NCc1ccnc(N2CCN(c3ccc(F)cc3)CC2)c1.I. The Morgan fingerprint density at radius 2 is 1.74 bits per heavy atom.